The van der Waals surface area contributed by atoms with Crippen LogP contribution in [-0.4, -0.2) is 81.9 Å². The maximum absolute atomic E-state index is 13.0. The van der Waals surface area contributed by atoms with Crippen LogP contribution in [0.4, 0.5) is 34.1 Å². The van der Waals surface area contributed by atoms with Gasteiger partial charge >= 0.3 is 118 Å². The van der Waals surface area contributed by atoms with E-state index in [0.29, 0.717) is 0 Å². The number of hydrogen-bond acceptors (Lipinski definition) is 26. The number of phenols is 1. The quantitative estimate of drug-likeness (QED) is 0.00897. The van der Waals surface area contributed by atoms with Gasteiger partial charge in [0.15, 0.2) is 36.5 Å². The van der Waals surface area contributed by atoms with E-state index in [1.54, 1.807) is 0 Å². The van der Waals surface area contributed by atoms with Crippen LogP contribution in [0.1, 0.15) is 10.4 Å². The first kappa shape index (κ1) is 65.6. The normalized spacial score (nSPS) is 12.4. The van der Waals surface area contributed by atoms with E-state index >= 15 is 0 Å². The van der Waals surface area contributed by atoms with Crippen molar-refractivity contribution in [3.8, 4) is 5.75 Å². The van der Waals surface area contributed by atoms with Crippen LogP contribution in [0.3, 0.4) is 0 Å². The van der Waals surface area contributed by atoms with E-state index in [1.165, 1.54) is 42.5 Å². The summed E-state index contributed by atoms with van der Waals surface area (Å²) >= 11 is -2.13. The van der Waals surface area contributed by atoms with Gasteiger partial charge < -0.3 is 35.8 Å². The molecule has 0 saturated heterocycles. The Hall–Kier alpha value is -1.43. The molecule has 0 heterocycles. The predicted molar refractivity (Wildman–Crippen MR) is 217 cm³/mol. The first-order valence-corrected chi connectivity index (χ1v) is 25.1. The average Bonchev–Trinajstić information content (AvgIpc) is 3.23. The zero-order valence-electron chi connectivity index (χ0n) is 35.9. The van der Waals surface area contributed by atoms with Crippen LogP contribution in [0.2, 0.25) is 0 Å². The summed E-state index contributed by atoms with van der Waals surface area (Å²) in [6.45, 7) is -0.958. The number of nitrogens with two attached hydrogens (primary N) is 1. The fourth-order valence-electron chi connectivity index (χ4n) is 5.33. The van der Waals surface area contributed by atoms with Crippen molar-refractivity contribution in [3.05, 3.63) is 90.5 Å². The van der Waals surface area contributed by atoms with Crippen LogP contribution >= 0.6 is 12.0 Å². The smallest absolute Gasteiger partial charge is 0.744 e. The topological polar surface area (TPSA) is 417 Å². The second-order valence-corrected chi connectivity index (χ2v) is 20.9. The fourth-order valence-corrected chi connectivity index (χ4v) is 10.3. The third kappa shape index (κ3) is 18.8. The van der Waals surface area contributed by atoms with E-state index in [9.17, 15) is 67.4 Å². The van der Waals surface area contributed by atoms with Crippen molar-refractivity contribution in [3.63, 3.8) is 0 Å². The molecule has 0 spiro atoms. The predicted octanol–water partition coefficient (Wildman–Crippen LogP) is -9.73. The molecule has 26 nitrogen and oxygen atoms in total. The Morgan fingerprint density at radius 3 is 1.88 bits per heavy atom. The summed E-state index contributed by atoms with van der Waals surface area (Å²) in [6.07, 6.45) is 0. The van der Waals surface area contributed by atoms with Crippen LogP contribution in [0, 0.1) is 0 Å². The number of sulfone groups is 2. The summed E-state index contributed by atoms with van der Waals surface area (Å²) in [6, 6.07) is 16.4. The van der Waals surface area contributed by atoms with Gasteiger partial charge in [-0.25, -0.2) is 37.9 Å². The number of benzene rings is 5. The summed E-state index contributed by atoms with van der Waals surface area (Å²) < 4.78 is 143. The Balaban J connectivity index is 0.00000595. The number of carbonyl (C=O) groups excluding carboxylic acids is 1. The number of phenolic OH excluding ortho intramolecular Hbond substituents is 1. The van der Waals surface area contributed by atoms with Crippen molar-refractivity contribution >= 4 is 114 Å². The van der Waals surface area contributed by atoms with Gasteiger partial charge in [-0.3, -0.25) is 19.1 Å². The number of nitrogen functional groups attached to an aromatic ring is 1. The van der Waals surface area contributed by atoms with Gasteiger partial charge in [-0.2, -0.15) is 14.6 Å². The number of rotatable bonds is 21. The number of amides is 1. The van der Waals surface area contributed by atoms with Crippen LogP contribution in [-0.2, 0) is 74.2 Å². The molecule has 1 amide bonds. The number of fused-ring (bicyclic) bond motifs is 1. The Bertz CT molecular complexity index is 3160. The number of anilines is 2. The molecule has 5 aromatic rings. The minimum Gasteiger partial charge on any atom is -0.744 e. The van der Waals surface area contributed by atoms with Gasteiger partial charge in [0, 0.05) is 11.3 Å². The largest absolute Gasteiger partial charge is 1.00 e. The standard InChI is InChI=1S/C33H30N6O20S6.4Na/c34-29-28-20(17-27(64(49,50)51)31(29)39-37-22-8-10-24(11-9-22)62(45,46)14-12-55-65(52,53)54)16-26(60-58-56-42)30(32(28)40)38-36-21-6-4-19(5-7-21)33(41)35-23-2-1-3-25(18-23)63(47,48)15-13-61(44)59-57-43;;;;/h1-11,16-18,40,42-43H,12-15,34H2,(H,35,41)(H,49,50,51)(H,52,53,54);;;;/q;4*+1/p-4. The van der Waals surface area contributed by atoms with Crippen molar-refractivity contribution in [2.45, 2.75) is 19.6 Å². The van der Waals surface area contributed by atoms with E-state index in [1.807, 2.05) is 0 Å². The van der Waals surface area contributed by atoms with Gasteiger partial charge in [0.1, 0.15) is 21.5 Å². The van der Waals surface area contributed by atoms with Gasteiger partial charge in [-0.1, -0.05) is 6.07 Å². The molecule has 0 aliphatic heterocycles. The van der Waals surface area contributed by atoms with Gasteiger partial charge in [0.05, 0.1) is 77.9 Å². The molecule has 1 unspecified atom stereocenters. The van der Waals surface area contributed by atoms with E-state index in [4.69, 9.17) is 5.73 Å². The molecule has 4 N–H and O–H groups in total. The Morgan fingerprint density at radius 1 is 0.739 bits per heavy atom. The summed E-state index contributed by atoms with van der Waals surface area (Å²) in [5.41, 5.74) is 4.49. The fraction of sp³-hybridized carbons (Fsp3) is 0.121. The molecule has 0 aromatic heterocycles. The second kappa shape index (κ2) is 28.9. The molecular weight excluding hydrogens is 1080 g/mol. The molecule has 1 atom stereocenters. The maximum atomic E-state index is 13.0. The number of azo groups is 2. The molecule has 0 saturated carbocycles. The Kier molecular flexibility index (Phi) is 27.4. The van der Waals surface area contributed by atoms with E-state index in [-0.39, 0.29) is 178 Å². The van der Waals surface area contributed by atoms with Crippen LogP contribution in [0.15, 0.2) is 125 Å². The van der Waals surface area contributed by atoms with E-state index < -0.39 is 109 Å². The number of hydrogen-bond donors (Lipinski definition) is 3. The van der Waals surface area contributed by atoms with Crippen molar-refractivity contribution in [2.75, 3.05) is 34.9 Å². The van der Waals surface area contributed by atoms with Gasteiger partial charge in [0.2, 0.25) is 10.4 Å². The molecule has 348 valence electrons. The van der Waals surface area contributed by atoms with Crippen molar-refractivity contribution in [2.24, 2.45) is 20.5 Å². The molecule has 0 aliphatic carbocycles. The first-order chi connectivity index (χ1) is 30.5. The molecule has 5 rings (SSSR count). The van der Waals surface area contributed by atoms with Crippen molar-refractivity contribution in [1.82, 2.24) is 0 Å². The van der Waals surface area contributed by atoms with E-state index in [2.05, 4.69) is 48.7 Å². The van der Waals surface area contributed by atoms with Crippen LogP contribution in [0.25, 0.3) is 10.8 Å². The minimum atomic E-state index is -5.39. The van der Waals surface area contributed by atoms with Crippen LogP contribution < -0.4 is 140 Å². The van der Waals surface area contributed by atoms with E-state index in [0.717, 1.165) is 42.5 Å². The van der Waals surface area contributed by atoms with Crippen molar-refractivity contribution < 1.29 is 209 Å². The molecule has 69 heavy (non-hydrogen) atoms. The molecule has 0 aliphatic rings. The number of nitrogens with zero attached hydrogens (tertiary/aromatic N) is 4. The Labute approximate surface area is 487 Å². The molecule has 5 aromatic carbocycles. The zero-order valence-corrected chi connectivity index (χ0v) is 48.8. The molecule has 0 bridgehead atoms. The summed E-state index contributed by atoms with van der Waals surface area (Å²) in [4.78, 5) is 11.2. The summed E-state index contributed by atoms with van der Waals surface area (Å²) in [5.74, 6) is -3.64. The number of nitrogens with one attached hydrogen (secondary N) is 1. The minimum absolute atomic E-state index is 0. The molecule has 36 heteroatoms. The zero-order chi connectivity index (χ0) is 47.7. The van der Waals surface area contributed by atoms with Gasteiger partial charge in [0.25, 0.3) is 5.91 Å². The Morgan fingerprint density at radius 2 is 1.32 bits per heavy atom. The summed E-state index contributed by atoms with van der Waals surface area (Å²) in [5, 5.41) is 56.1. The number of aromatic hydroxyl groups is 1. The van der Waals surface area contributed by atoms with Gasteiger partial charge in [-0.05, 0) is 84.2 Å². The molecular formula is C33H26N6Na4O20S6. The van der Waals surface area contributed by atoms with Crippen LogP contribution in [0.5, 0.6) is 5.75 Å². The van der Waals surface area contributed by atoms with Crippen molar-refractivity contribution in [1.29, 1.82) is 0 Å². The number of carbonyl (C=O) groups is 1. The second-order valence-electron chi connectivity index (χ2n) is 12.4. The monoisotopic (exact) mass is 1110 g/mol. The third-order valence-corrected chi connectivity index (χ3v) is 14.6. The first-order valence-electron chi connectivity index (χ1n) is 17.1. The average molecular weight is 1110 g/mol. The SMILES string of the molecule is Nc1c(N=Nc2ccc(S(=O)(=O)CCOS(=O)(=O)[O-])cc2)c(S(=O)(=O)[O-])cc2cc(SOO[O-])c(N=Nc3ccc(C(=O)Nc4cccc(S(=O)(=O)CCS(=O)OO[O-])c4)cc3)c(O)c12.[Na+].[Na+].[Na+].[Na+]. The third-order valence-electron chi connectivity index (χ3n) is 8.24. The molecule has 0 fully saturated rings. The maximum Gasteiger partial charge on any atom is 1.00 e. The summed E-state index contributed by atoms with van der Waals surface area (Å²) in [7, 11) is -18.7. The van der Waals surface area contributed by atoms with Gasteiger partial charge in [-0.15, -0.1) is 14.6 Å². The molecule has 0 radical (unpaired) electrons.